The lowest BCUT2D eigenvalue weighted by Gasteiger charge is -2.30. The van der Waals surface area contributed by atoms with Gasteiger partial charge in [-0.1, -0.05) is 35.9 Å². The van der Waals surface area contributed by atoms with Crippen LogP contribution in [0.4, 0.5) is 0 Å². The Morgan fingerprint density at radius 3 is 1.74 bits per heavy atom. The molecule has 38 heavy (non-hydrogen) atoms. The Balaban J connectivity index is 1.76. The van der Waals surface area contributed by atoms with Crippen LogP contribution >= 0.6 is 11.6 Å². The van der Waals surface area contributed by atoms with Crippen molar-refractivity contribution in [1.29, 1.82) is 0 Å². The van der Waals surface area contributed by atoms with Crippen molar-refractivity contribution in [3.63, 3.8) is 0 Å². The first-order chi connectivity index (χ1) is 18.3. The molecule has 0 radical (unpaired) electrons. The van der Waals surface area contributed by atoms with E-state index in [2.05, 4.69) is 13.2 Å². The maximum Gasteiger partial charge on any atom is 0.254 e. The monoisotopic (exact) mass is 525 g/mol. The van der Waals surface area contributed by atoms with E-state index in [4.69, 9.17) is 11.6 Å². The van der Waals surface area contributed by atoms with Crippen LogP contribution in [0, 0.1) is 0 Å². The van der Waals surface area contributed by atoms with Gasteiger partial charge in [0, 0.05) is 21.7 Å². The number of hydrogen-bond donors (Lipinski definition) is 2. The first kappa shape index (κ1) is 26.7. The van der Waals surface area contributed by atoms with Crippen LogP contribution in [0.3, 0.4) is 0 Å². The van der Waals surface area contributed by atoms with Gasteiger partial charge in [-0.3, -0.25) is 9.59 Å². The summed E-state index contributed by atoms with van der Waals surface area (Å²) >= 11 is 6.00. The van der Waals surface area contributed by atoms with Gasteiger partial charge < -0.3 is 15.1 Å². The number of benzene rings is 3. The maximum atomic E-state index is 13.6. The molecule has 0 aliphatic carbocycles. The molecule has 1 fully saturated rings. The van der Waals surface area contributed by atoms with E-state index < -0.39 is 0 Å². The summed E-state index contributed by atoms with van der Waals surface area (Å²) in [4.78, 5) is 28.6. The van der Waals surface area contributed by atoms with Gasteiger partial charge in [0.2, 0.25) is 0 Å². The summed E-state index contributed by atoms with van der Waals surface area (Å²) in [5.41, 5.74) is 4.23. The largest absolute Gasteiger partial charge is 0.508 e. The van der Waals surface area contributed by atoms with Crippen molar-refractivity contribution in [2.24, 2.45) is 0 Å². The highest BCUT2D eigenvalue weighted by atomic mass is 35.5. The fourth-order valence-corrected chi connectivity index (χ4v) is 4.51. The number of Topliss-reactive ketones (excluding diaryl/α,β-unsaturated/α-hetero) is 1. The van der Waals surface area contributed by atoms with Crippen LogP contribution in [-0.2, 0) is 17.6 Å². The standard InChI is InChI=1S/C32H28ClNO4/c1-3-5-24-15-21(7-13-29(24)35)17-26-19-34(32(38)23-9-11-28(33)12-10-23)20-27(31(26)37)18-22-8-14-30(36)25(16-22)6-4-2/h3-4,7-18,35-36H,1-2,5-6,19-20H2/b26-17+,27-18+. The molecule has 2 N–H and O–H groups in total. The molecule has 1 amide bonds. The molecule has 3 aromatic rings. The number of rotatable bonds is 7. The molecule has 0 bridgehead atoms. The van der Waals surface area contributed by atoms with Crippen molar-refractivity contribution in [2.75, 3.05) is 13.1 Å². The fourth-order valence-electron chi connectivity index (χ4n) is 4.39. The summed E-state index contributed by atoms with van der Waals surface area (Å²) in [6.45, 7) is 7.72. The Kier molecular flexibility index (Phi) is 8.29. The second-order valence-corrected chi connectivity index (χ2v) is 9.53. The van der Waals surface area contributed by atoms with Gasteiger partial charge in [0.1, 0.15) is 11.5 Å². The van der Waals surface area contributed by atoms with Crippen molar-refractivity contribution in [2.45, 2.75) is 12.8 Å². The van der Waals surface area contributed by atoms with Gasteiger partial charge in [0.15, 0.2) is 5.78 Å². The molecule has 4 rings (SSSR count). The Morgan fingerprint density at radius 1 is 0.816 bits per heavy atom. The number of nitrogens with zero attached hydrogens (tertiary/aromatic N) is 1. The molecule has 192 valence electrons. The number of halogens is 1. The average molecular weight is 526 g/mol. The third-order valence-electron chi connectivity index (χ3n) is 6.30. The number of phenolic OH excluding ortho intramolecular Hbond substituents is 2. The first-order valence-electron chi connectivity index (χ1n) is 12.1. The highest BCUT2D eigenvalue weighted by Gasteiger charge is 2.29. The minimum atomic E-state index is -0.220. The van der Waals surface area contributed by atoms with E-state index in [0.29, 0.717) is 45.7 Å². The Morgan fingerprint density at radius 2 is 1.29 bits per heavy atom. The van der Waals surface area contributed by atoms with E-state index in [0.717, 1.165) is 11.1 Å². The van der Waals surface area contributed by atoms with Gasteiger partial charge in [-0.25, -0.2) is 0 Å². The lowest BCUT2D eigenvalue weighted by molar-refractivity contribution is -0.113. The second-order valence-electron chi connectivity index (χ2n) is 9.10. The molecule has 0 atom stereocenters. The minimum Gasteiger partial charge on any atom is -0.508 e. The van der Waals surface area contributed by atoms with Crippen LogP contribution in [0.1, 0.15) is 32.6 Å². The second kappa shape index (κ2) is 11.8. The maximum absolute atomic E-state index is 13.6. The predicted octanol–water partition coefficient (Wildman–Crippen LogP) is 6.40. The summed E-state index contributed by atoms with van der Waals surface area (Å²) in [7, 11) is 0. The minimum absolute atomic E-state index is 0.132. The number of carbonyl (C=O) groups is 2. The molecule has 6 heteroatoms. The zero-order valence-corrected chi connectivity index (χ0v) is 21.6. The molecule has 0 saturated carbocycles. The Bertz CT molecular complexity index is 1390. The SMILES string of the molecule is C=CCc1cc(/C=C2\CN(C(=O)c3ccc(Cl)cc3)C/C(=C\c3ccc(O)c(CC=C)c3)C2=O)ccc1O. The van der Waals surface area contributed by atoms with Crippen LogP contribution in [-0.4, -0.2) is 39.9 Å². The number of hydrogen-bond acceptors (Lipinski definition) is 4. The van der Waals surface area contributed by atoms with Crippen LogP contribution in [0.15, 0.2) is 97.1 Å². The normalized spacial score (nSPS) is 15.6. The molecule has 1 aliphatic heterocycles. The molecular weight excluding hydrogens is 498 g/mol. The molecule has 0 unspecified atom stereocenters. The van der Waals surface area contributed by atoms with Gasteiger partial charge in [0.05, 0.1) is 13.1 Å². The fraction of sp³-hybridized carbons (Fsp3) is 0.125. The Hall–Kier alpha value is -4.35. The van der Waals surface area contributed by atoms with E-state index in [1.165, 1.54) is 0 Å². The van der Waals surface area contributed by atoms with E-state index in [-0.39, 0.29) is 36.3 Å². The lowest BCUT2D eigenvalue weighted by Crippen LogP contribution is -2.41. The van der Waals surface area contributed by atoms with Gasteiger partial charge in [0.25, 0.3) is 5.91 Å². The molecule has 1 saturated heterocycles. The quantitative estimate of drug-likeness (QED) is 0.276. The van der Waals surface area contributed by atoms with Crippen molar-refractivity contribution in [3.05, 3.63) is 130 Å². The van der Waals surface area contributed by atoms with Gasteiger partial charge in [-0.2, -0.15) is 0 Å². The highest BCUT2D eigenvalue weighted by Crippen LogP contribution is 2.27. The van der Waals surface area contributed by atoms with E-state index in [1.807, 2.05) is 12.1 Å². The number of phenols is 2. The van der Waals surface area contributed by atoms with Gasteiger partial charge in [-0.15, -0.1) is 13.2 Å². The summed E-state index contributed by atoms with van der Waals surface area (Å²) in [6.07, 6.45) is 7.87. The molecular formula is C32H28ClNO4. The lowest BCUT2D eigenvalue weighted by atomic mass is 9.93. The summed E-state index contributed by atoms with van der Waals surface area (Å²) in [5, 5.41) is 20.8. The molecule has 5 nitrogen and oxygen atoms in total. The number of piperidine rings is 1. The first-order valence-corrected chi connectivity index (χ1v) is 12.5. The number of aromatic hydroxyl groups is 2. The van der Waals surface area contributed by atoms with E-state index in [9.17, 15) is 19.8 Å². The molecule has 1 heterocycles. The highest BCUT2D eigenvalue weighted by molar-refractivity contribution is 6.30. The zero-order chi connectivity index (χ0) is 27.2. The number of amides is 1. The van der Waals surface area contributed by atoms with Crippen LogP contribution < -0.4 is 0 Å². The number of carbonyl (C=O) groups excluding carboxylic acids is 2. The van der Waals surface area contributed by atoms with Gasteiger partial charge >= 0.3 is 0 Å². The molecule has 0 spiro atoms. The summed E-state index contributed by atoms with van der Waals surface area (Å²) < 4.78 is 0. The van der Waals surface area contributed by atoms with Crippen molar-refractivity contribution in [3.8, 4) is 11.5 Å². The third kappa shape index (κ3) is 6.13. The number of allylic oxidation sites excluding steroid dienone is 2. The van der Waals surface area contributed by atoms with Crippen molar-refractivity contribution in [1.82, 2.24) is 4.90 Å². The van der Waals surface area contributed by atoms with Crippen LogP contribution in [0.25, 0.3) is 12.2 Å². The number of likely N-dealkylation sites (tertiary alicyclic amines) is 1. The van der Waals surface area contributed by atoms with E-state index >= 15 is 0 Å². The molecule has 0 aromatic heterocycles. The molecule has 3 aromatic carbocycles. The smallest absolute Gasteiger partial charge is 0.254 e. The number of ketones is 1. The summed E-state index contributed by atoms with van der Waals surface area (Å²) in [6, 6.07) is 16.9. The topological polar surface area (TPSA) is 77.8 Å². The van der Waals surface area contributed by atoms with Crippen LogP contribution in [0.2, 0.25) is 5.02 Å². The van der Waals surface area contributed by atoms with E-state index in [1.54, 1.807) is 77.7 Å². The summed E-state index contributed by atoms with van der Waals surface area (Å²) in [5.74, 6) is -0.0708. The molecule has 1 aliphatic rings. The third-order valence-corrected chi connectivity index (χ3v) is 6.55. The van der Waals surface area contributed by atoms with Crippen molar-refractivity contribution >= 4 is 35.4 Å². The van der Waals surface area contributed by atoms with Gasteiger partial charge in [-0.05, 0) is 95.8 Å². The Labute approximate surface area is 227 Å². The average Bonchev–Trinajstić information content (AvgIpc) is 2.90. The zero-order valence-electron chi connectivity index (χ0n) is 20.9. The van der Waals surface area contributed by atoms with Crippen LogP contribution in [0.5, 0.6) is 11.5 Å². The predicted molar refractivity (Wildman–Crippen MR) is 152 cm³/mol. The van der Waals surface area contributed by atoms with Crippen molar-refractivity contribution < 1.29 is 19.8 Å².